The van der Waals surface area contributed by atoms with E-state index in [0.717, 1.165) is 38.5 Å². The molecule has 73 heavy (non-hydrogen) atoms. The number of hydrogen-bond acceptors (Lipinski definition) is 5. The minimum absolute atomic E-state index is 0.0199. The van der Waals surface area contributed by atoms with Crippen LogP contribution < -0.4 is 5.32 Å². The Morgan fingerprint density at radius 2 is 0.562 bits per heavy atom. The Morgan fingerprint density at radius 1 is 0.329 bits per heavy atom. The highest BCUT2D eigenvalue weighted by atomic mass is 16.5. The zero-order chi connectivity index (χ0) is 52.9. The number of ether oxygens (including phenoxy) is 1. The van der Waals surface area contributed by atoms with Crippen LogP contribution in [0.25, 0.3) is 0 Å². The monoisotopic (exact) mass is 1030 g/mol. The number of esters is 1. The molecule has 436 valence electrons. The van der Waals surface area contributed by atoms with Crippen molar-refractivity contribution >= 4 is 11.9 Å². The zero-order valence-corrected chi connectivity index (χ0v) is 49.9. The molecule has 3 N–H and O–H groups in total. The van der Waals surface area contributed by atoms with E-state index in [-0.39, 0.29) is 18.5 Å². The third-order valence-electron chi connectivity index (χ3n) is 16.2. The van der Waals surface area contributed by atoms with Crippen LogP contribution >= 0.6 is 0 Å². The van der Waals surface area contributed by atoms with Crippen molar-refractivity contribution in [1.82, 2.24) is 5.32 Å². The van der Waals surface area contributed by atoms with Crippen LogP contribution in [0.1, 0.15) is 393 Å². The molecule has 0 saturated carbocycles. The second-order valence-electron chi connectivity index (χ2n) is 23.5. The maximum absolute atomic E-state index is 12.5. The highest BCUT2D eigenvalue weighted by molar-refractivity contribution is 5.76. The number of amides is 1. The normalized spacial score (nSPS) is 12.4. The van der Waals surface area contributed by atoms with Crippen LogP contribution in [0.3, 0.4) is 0 Å². The molecular weight excluding hydrogens is 899 g/mol. The summed E-state index contributed by atoms with van der Waals surface area (Å²) < 4.78 is 5.48. The molecular formula is C67H133NO5. The molecule has 0 spiro atoms. The van der Waals surface area contributed by atoms with Gasteiger partial charge in [-0.1, -0.05) is 354 Å². The molecule has 0 aromatic heterocycles. The van der Waals surface area contributed by atoms with Crippen LogP contribution in [0.2, 0.25) is 0 Å². The summed E-state index contributed by atoms with van der Waals surface area (Å²) in [6, 6.07) is -0.538. The van der Waals surface area contributed by atoms with Gasteiger partial charge in [-0.15, -0.1) is 0 Å². The van der Waals surface area contributed by atoms with E-state index in [1.54, 1.807) is 0 Å². The molecule has 1 amide bonds. The largest absolute Gasteiger partial charge is 0.466 e. The molecule has 2 atom stereocenters. The highest BCUT2D eigenvalue weighted by Crippen LogP contribution is 2.19. The summed E-state index contributed by atoms with van der Waals surface area (Å²) in [6.07, 6.45) is 75.7. The first-order valence-corrected chi connectivity index (χ1v) is 33.8. The fourth-order valence-corrected chi connectivity index (χ4v) is 11.0. The van der Waals surface area contributed by atoms with Crippen LogP contribution in [0.4, 0.5) is 0 Å². The number of carbonyl (C=O) groups excluding carboxylic acids is 2. The number of aliphatic hydroxyl groups excluding tert-OH is 2. The highest BCUT2D eigenvalue weighted by Gasteiger charge is 2.20. The van der Waals surface area contributed by atoms with Crippen LogP contribution in [0.5, 0.6) is 0 Å². The van der Waals surface area contributed by atoms with Gasteiger partial charge in [-0.25, -0.2) is 0 Å². The lowest BCUT2D eigenvalue weighted by molar-refractivity contribution is -0.143. The van der Waals surface area contributed by atoms with Crippen molar-refractivity contribution in [3.05, 3.63) is 0 Å². The summed E-state index contributed by atoms with van der Waals surface area (Å²) in [5.74, 6) is -0.00814. The lowest BCUT2D eigenvalue weighted by atomic mass is 10.0. The number of nitrogens with one attached hydrogen (secondary N) is 1. The van der Waals surface area contributed by atoms with Gasteiger partial charge in [0.1, 0.15) is 0 Å². The Morgan fingerprint density at radius 3 is 0.836 bits per heavy atom. The minimum Gasteiger partial charge on any atom is -0.466 e. The summed E-state index contributed by atoms with van der Waals surface area (Å²) in [5, 5.41) is 23.4. The number of aliphatic hydroxyl groups is 2. The quantitative estimate of drug-likeness (QED) is 0.0417. The lowest BCUT2D eigenvalue weighted by Gasteiger charge is -2.22. The van der Waals surface area contributed by atoms with E-state index in [4.69, 9.17) is 4.74 Å². The average Bonchev–Trinajstić information content (AvgIpc) is 3.39. The maximum Gasteiger partial charge on any atom is 0.305 e. The molecule has 2 unspecified atom stereocenters. The predicted octanol–water partition coefficient (Wildman–Crippen LogP) is 21.4. The van der Waals surface area contributed by atoms with E-state index >= 15 is 0 Å². The molecule has 6 heteroatoms. The van der Waals surface area contributed by atoms with Gasteiger partial charge in [-0.05, 0) is 25.7 Å². The van der Waals surface area contributed by atoms with Crippen molar-refractivity contribution in [2.45, 2.75) is 405 Å². The molecule has 0 rings (SSSR count). The van der Waals surface area contributed by atoms with Crippen molar-refractivity contribution in [3.63, 3.8) is 0 Å². The van der Waals surface area contributed by atoms with Crippen molar-refractivity contribution in [2.75, 3.05) is 13.2 Å². The van der Waals surface area contributed by atoms with E-state index in [1.807, 2.05) is 0 Å². The number of unbranched alkanes of at least 4 members (excludes halogenated alkanes) is 53. The lowest BCUT2D eigenvalue weighted by Crippen LogP contribution is -2.45. The molecule has 0 bridgehead atoms. The Kier molecular flexibility index (Phi) is 62.4. The summed E-state index contributed by atoms with van der Waals surface area (Å²) >= 11 is 0. The van der Waals surface area contributed by atoms with E-state index in [0.29, 0.717) is 25.9 Å². The first-order valence-electron chi connectivity index (χ1n) is 33.8. The Bertz CT molecular complexity index is 1050. The van der Waals surface area contributed by atoms with Crippen molar-refractivity contribution in [2.24, 2.45) is 0 Å². The van der Waals surface area contributed by atoms with E-state index in [1.165, 1.54) is 321 Å². The van der Waals surface area contributed by atoms with Gasteiger partial charge in [0, 0.05) is 12.8 Å². The standard InChI is InChI=1S/C67H133NO5/c1-3-5-7-9-11-13-15-17-18-30-33-36-39-43-47-51-55-59-65(70)64(63-69)68-66(71)60-56-52-48-44-40-37-34-31-28-26-24-22-20-19-21-23-25-27-29-32-35-38-42-46-50-54-58-62-73-67(72)61-57-53-49-45-41-16-14-12-10-8-6-4-2/h64-65,69-70H,3-63H2,1-2H3,(H,68,71). The van der Waals surface area contributed by atoms with Crippen molar-refractivity contribution in [3.8, 4) is 0 Å². The molecule has 6 nitrogen and oxygen atoms in total. The molecule has 0 heterocycles. The van der Waals surface area contributed by atoms with Gasteiger partial charge in [0.2, 0.25) is 5.91 Å². The first kappa shape index (κ1) is 71.9. The van der Waals surface area contributed by atoms with Gasteiger partial charge in [0.05, 0.1) is 25.4 Å². The van der Waals surface area contributed by atoms with Gasteiger partial charge in [-0.3, -0.25) is 9.59 Å². The smallest absolute Gasteiger partial charge is 0.305 e. The molecule has 0 radical (unpaired) electrons. The third-order valence-corrected chi connectivity index (χ3v) is 16.2. The second kappa shape index (κ2) is 63.4. The minimum atomic E-state index is -0.661. The summed E-state index contributed by atoms with van der Waals surface area (Å²) in [6.45, 7) is 4.99. The van der Waals surface area contributed by atoms with Gasteiger partial charge >= 0.3 is 5.97 Å². The number of rotatable bonds is 64. The van der Waals surface area contributed by atoms with Crippen LogP contribution in [0.15, 0.2) is 0 Å². The number of carbonyl (C=O) groups is 2. The summed E-state index contributed by atoms with van der Waals surface area (Å²) in [4.78, 5) is 24.5. The van der Waals surface area contributed by atoms with Crippen LogP contribution in [-0.4, -0.2) is 47.4 Å². The Hall–Kier alpha value is -1.14. The topological polar surface area (TPSA) is 95.9 Å². The SMILES string of the molecule is CCCCCCCCCCCCCCCCCCCC(O)C(CO)NC(=O)CCCCCCCCCCCCCCCCCCCCCCCCCCCCCOC(=O)CCCCCCCCCCCCCC. The summed E-state index contributed by atoms with van der Waals surface area (Å²) in [5.41, 5.74) is 0. The first-order chi connectivity index (χ1) is 36.0. The van der Waals surface area contributed by atoms with Crippen molar-refractivity contribution < 1.29 is 24.5 Å². The molecule has 0 aliphatic carbocycles. The fraction of sp³-hybridized carbons (Fsp3) is 0.970. The summed E-state index contributed by atoms with van der Waals surface area (Å²) in [7, 11) is 0. The fourth-order valence-electron chi connectivity index (χ4n) is 11.0. The molecule has 0 fully saturated rings. The third kappa shape index (κ3) is 60.0. The van der Waals surface area contributed by atoms with Gasteiger partial charge in [0.25, 0.3) is 0 Å². The van der Waals surface area contributed by atoms with Gasteiger partial charge in [0.15, 0.2) is 0 Å². The van der Waals surface area contributed by atoms with E-state index in [9.17, 15) is 19.8 Å². The molecule has 0 aliphatic rings. The van der Waals surface area contributed by atoms with E-state index < -0.39 is 12.1 Å². The number of hydrogen-bond donors (Lipinski definition) is 3. The average molecular weight is 1030 g/mol. The molecule has 0 saturated heterocycles. The maximum atomic E-state index is 12.5. The Labute approximate surface area is 457 Å². The second-order valence-corrected chi connectivity index (χ2v) is 23.5. The molecule has 0 aliphatic heterocycles. The van der Waals surface area contributed by atoms with Gasteiger partial charge in [-0.2, -0.15) is 0 Å². The van der Waals surface area contributed by atoms with Crippen LogP contribution in [-0.2, 0) is 14.3 Å². The molecule has 0 aromatic rings. The molecule has 0 aromatic carbocycles. The van der Waals surface area contributed by atoms with Crippen LogP contribution in [0, 0.1) is 0 Å². The van der Waals surface area contributed by atoms with Gasteiger partial charge < -0.3 is 20.3 Å². The predicted molar refractivity (Wildman–Crippen MR) is 320 cm³/mol. The van der Waals surface area contributed by atoms with E-state index in [2.05, 4.69) is 19.2 Å². The zero-order valence-electron chi connectivity index (χ0n) is 49.9. The Balaban J connectivity index is 3.34. The van der Waals surface area contributed by atoms with Crippen molar-refractivity contribution in [1.29, 1.82) is 0 Å².